The van der Waals surface area contributed by atoms with E-state index >= 15 is 0 Å². The first kappa shape index (κ1) is 35.0. The third-order valence-corrected chi connectivity index (χ3v) is 10.4. The molecule has 1 aromatic heterocycles. The summed E-state index contributed by atoms with van der Waals surface area (Å²) in [6, 6.07) is 14.9. The van der Waals surface area contributed by atoms with E-state index in [1.807, 2.05) is 61.5 Å². The van der Waals surface area contributed by atoms with Crippen LogP contribution in [0.15, 0.2) is 79.9 Å². The van der Waals surface area contributed by atoms with Crippen LogP contribution < -0.4 is 0 Å². The number of aliphatic hydroxyl groups excluding tert-OH is 1. The second kappa shape index (κ2) is 14.5. The van der Waals surface area contributed by atoms with E-state index in [9.17, 15) is 24.3 Å². The molecular formula is C37H44N6O7. The highest BCUT2D eigenvalue weighted by atomic mass is 16.6. The predicted octanol–water partition coefficient (Wildman–Crippen LogP) is 2.87. The number of aliphatic hydroxyl groups is 1. The van der Waals surface area contributed by atoms with Gasteiger partial charge in [0.2, 0.25) is 17.7 Å². The Morgan fingerprint density at radius 3 is 2.60 bits per heavy atom. The van der Waals surface area contributed by atoms with Gasteiger partial charge in [-0.05, 0) is 43.9 Å². The summed E-state index contributed by atoms with van der Waals surface area (Å²) < 4.78 is 14.5. The molecule has 4 heterocycles. The Balaban J connectivity index is 1.29. The molecule has 0 aliphatic carbocycles. The van der Waals surface area contributed by atoms with E-state index in [2.05, 4.69) is 23.5 Å². The molecule has 3 amide bonds. The number of rotatable bonds is 15. The monoisotopic (exact) mass is 684 g/mol. The Labute approximate surface area is 291 Å². The molecule has 13 heteroatoms. The summed E-state index contributed by atoms with van der Waals surface area (Å²) in [6.07, 6.45) is 3.40. The standard InChI is InChI=1S/C37H44N6O7/c1-5-7-17-29(45)40(4)24(3)32(25-13-9-8-10-14-25)49-36(48)30-28-18-19-37(50-28)31(30)34(46)42(21-22-44)33(37)35(47)41(20-6-2)23-43-27-16-12-11-15-26(27)38-39-43/h5-6,8-16,24,28,30-33,44H,1-2,7,17-23H2,3-4H3/t24-,28+,30-,31-,32+,33+,37-/m0/s1. The van der Waals surface area contributed by atoms with Crippen LogP contribution in [0.1, 0.15) is 44.3 Å². The zero-order valence-electron chi connectivity index (χ0n) is 28.5. The van der Waals surface area contributed by atoms with Gasteiger partial charge in [-0.3, -0.25) is 19.2 Å². The van der Waals surface area contributed by atoms with Crippen molar-refractivity contribution in [2.24, 2.45) is 11.8 Å². The van der Waals surface area contributed by atoms with Crippen LogP contribution in [0, 0.1) is 11.8 Å². The fraction of sp³-hybridized carbons (Fsp3) is 0.459. The number of fused-ring (bicyclic) bond motifs is 2. The average Bonchev–Trinajstić information content (AvgIpc) is 3.88. The lowest BCUT2D eigenvalue weighted by atomic mass is 9.70. The SMILES string of the molecule is C=CCCC(=O)N(C)[C@@H](C)[C@@H](OC(=O)[C@@H]1[C@H]2C(=O)N(CCO)[C@H](C(=O)N(CC=C)Cn3nnc4ccccc43)[C@]23CC[C@H]1O3)c1ccccc1. The van der Waals surface area contributed by atoms with Gasteiger partial charge >= 0.3 is 5.97 Å². The van der Waals surface area contributed by atoms with Crippen LogP contribution in [0.25, 0.3) is 11.0 Å². The molecule has 3 saturated heterocycles. The lowest BCUT2D eigenvalue weighted by Gasteiger charge is -2.36. The molecule has 50 heavy (non-hydrogen) atoms. The Morgan fingerprint density at radius 1 is 1.14 bits per heavy atom. The maximum Gasteiger partial charge on any atom is 0.313 e. The molecule has 13 nitrogen and oxygen atoms in total. The van der Waals surface area contributed by atoms with Gasteiger partial charge in [0, 0.05) is 26.6 Å². The number of para-hydroxylation sites is 1. The summed E-state index contributed by atoms with van der Waals surface area (Å²) in [6.45, 7) is 9.05. The van der Waals surface area contributed by atoms with Crippen LogP contribution in [0.3, 0.4) is 0 Å². The molecule has 6 rings (SSSR count). The molecular weight excluding hydrogens is 640 g/mol. The maximum absolute atomic E-state index is 14.6. The number of benzene rings is 2. The third-order valence-electron chi connectivity index (χ3n) is 10.4. The minimum atomic E-state index is -1.30. The van der Waals surface area contributed by atoms with Crippen LogP contribution in [-0.2, 0) is 35.3 Å². The molecule has 264 valence electrons. The van der Waals surface area contributed by atoms with Crippen molar-refractivity contribution in [2.45, 2.75) is 69.2 Å². The predicted molar refractivity (Wildman–Crippen MR) is 183 cm³/mol. The highest BCUT2D eigenvalue weighted by Crippen LogP contribution is 2.59. The Bertz CT molecular complexity index is 1760. The van der Waals surface area contributed by atoms with E-state index in [1.165, 1.54) is 9.80 Å². The molecule has 3 fully saturated rings. The van der Waals surface area contributed by atoms with Gasteiger partial charge in [0.1, 0.15) is 29.9 Å². The van der Waals surface area contributed by atoms with Crippen LogP contribution in [0.5, 0.6) is 0 Å². The molecule has 1 spiro atoms. The van der Waals surface area contributed by atoms with Crippen molar-refractivity contribution in [2.75, 3.05) is 26.7 Å². The van der Waals surface area contributed by atoms with Gasteiger partial charge in [0.05, 0.1) is 36.1 Å². The second-order valence-corrected chi connectivity index (χ2v) is 13.2. The van der Waals surface area contributed by atoms with Gasteiger partial charge < -0.3 is 29.3 Å². The number of hydrogen-bond donors (Lipinski definition) is 1. The summed E-state index contributed by atoms with van der Waals surface area (Å²) in [5, 5.41) is 18.5. The quantitative estimate of drug-likeness (QED) is 0.189. The summed E-state index contributed by atoms with van der Waals surface area (Å²) in [5.74, 6) is -3.57. The fourth-order valence-electron chi connectivity index (χ4n) is 7.90. The van der Waals surface area contributed by atoms with Gasteiger partial charge in [-0.25, -0.2) is 4.68 Å². The molecule has 2 bridgehead atoms. The first-order chi connectivity index (χ1) is 24.2. The second-order valence-electron chi connectivity index (χ2n) is 13.2. The van der Waals surface area contributed by atoms with Crippen LogP contribution in [0.2, 0.25) is 0 Å². The molecule has 3 aromatic rings. The van der Waals surface area contributed by atoms with Gasteiger partial charge in [-0.15, -0.1) is 18.3 Å². The molecule has 0 radical (unpaired) electrons. The van der Waals surface area contributed by atoms with Crippen molar-refractivity contribution in [3.05, 3.63) is 85.5 Å². The molecule has 2 aromatic carbocycles. The number of amides is 3. The maximum atomic E-state index is 14.6. The van der Waals surface area contributed by atoms with Crippen LogP contribution in [-0.4, -0.2) is 109 Å². The number of hydrogen-bond acceptors (Lipinski definition) is 9. The minimum absolute atomic E-state index is 0.0361. The van der Waals surface area contributed by atoms with E-state index in [4.69, 9.17) is 9.47 Å². The number of ether oxygens (including phenoxy) is 2. The van der Waals surface area contributed by atoms with Crippen molar-refractivity contribution in [3.63, 3.8) is 0 Å². The van der Waals surface area contributed by atoms with E-state index in [-0.39, 0.29) is 38.7 Å². The van der Waals surface area contributed by atoms with Gasteiger partial charge in [-0.1, -0.05) is 59.8 Å². The summed E-state index contributed by atoms with van der Waals surface area (Å²) >= 11 is 0. The molecule has 0 unspecified atom stereocenters. The zero-order chi connectivity index (χ0) is 35.6. The van der Waals surface area contributed by atoms with Crippen LogP contribution in [0.4, 0.5) is 0 Å². The molecule has 3 aliphatic rings. The summed E-state index contributed by atoms with van der Waals surface area (Å²) in [7, 11) is 1.68. The number of likely N-dealkylation sites (N-methyl/N-ethyl adjacent to an activating group) is 1. The zero-order valence-corrected chi connectivity index (χ0v) is 28.5. The van der Waals surface area contributed by atoms with E-state index in [0.717, 1.165) is 5.52 Å². The number of β-amino-alcohol motifs (C(OH)–C–C–N with tert-alkyl or cyclic N) is 1. The van der Waals surface area contributed by atoms with Crippen molar-refractivity contribution < 1.29 is 33.8 Å². The lowest BCUT2D eigenvalue weighted by molar-refractivity contribution is -0.164. The molecule has 1 N–H and O–H groups in total. The van der Waals surface area contributed by atoms with E-state index < -0.39 is 59.5 Å². The highest BCUT2D eigenvalue weighted by Gasteiger charge is 2.75. The topological polar surface area (TPSA) is 147 Å². The lowest BCUT2D eigenvalue weighted by Crippen LogP contribution is -2.56. The number of esters is 1. The number of nitrogens with zero attached hydrogens (tertiary/aromatic N) is 6. The largest absolute Gasteiger partial charge is 0.455 e. The summed E-state index contributed by atoms with van der Waals surface area (Å²) in [4.78, 5) is 60.6. The van der Waals surface area contributed by atoms with Gasteiger partial charge in [0.25, 0.3) is 0 Å². The first-order valence-corrected chi connectivity index (χ1v) is 17.1. The Kier molecular flexibility index (Phi) is 10.2. The molecule has 7 atom stereocenters. The summed E-state index contributed by atoms with van der Waals surface area (Å²) in [5.41, 5.74) is 0.803. The van der Waals surface area contributed by atoms with E-state index in [1.54, 1.807) is 28.8 Å². The average molecular weight is 685 g/mol. The van der Waals surface area contributed by atoms with Crippen molar-refractivity contribution in [1.82, 2.24) is 29.7 Å². The number of allylic oxidation sites excluding steroid dienone is 1. The van der Waals surface area contributed by atoms with Gasteiger partial charge in [0.15, 0.2) is 0 Å². The minimum Gasteiger partial charge on any atom is -0.455 e. The molecule has 3 aliphatic heterocycles. The smallest absolute Gasteiger partial charge is 0.313 e. The normalized spacial score (nSPS) is 24.9. The fourth-order valence-corrected chi connectivity index (χ4v) is 7.90. The number of aromatic nitrogens is 3. The van der Waals surface area contributed by atoms with Crippen molar-refractivity contribution in [3.8, 4) is 0 Å². The van der Waals surface area contributed by atoms with Crippen molar-refractivity contribution in [1.29, 1.82) is 0 Å². The third kappa shape index (κ3) is 6.09. The number of carbonyl (C=O) groups is 4. The number of likely N-dealkylation sites (tertiary alicyclic amines) is 1. The van der Waals surface area contributed by atoms with Crippen molar-refractivity contribution >= 4 is 34.7 Å². The highest BCUT2D eigenvalue weighted by molar-refractivity contribution is 5.98. The van der Waals surface area contributed by atoms with Gasteiger partial charge in [-0.2, -0.15) is 0 Å². The first-order valence-electron chi connectivity index (χ1n) is 17.1. The Morgan fingerprint density at radius 2 is 1.88 bits per heavy atom. The van der Waals surface area contributed by atoms with E-state index in [0.29, 0.717) is 30.3 Å². The molecule has 0 saturated carbocycles. The Hall–Kier alpha value is -4.88. The number of carbonyl (C=O) groups excluding carboxylic acids is 4. The van der Waals surface area contributed by atoms with Crippen LogP contribution >= 0.6 is 0 Å².